The first kappa shape index (κ1) is 22.3. The van der Waals surface area contributed by atoms with E-state index in [2.05, 4.69) is 18.2 Å². The summed E-state index contributed by atoms with van der Waals surface area (Å²) >= 11 is 1.50. The Labute approximate surface area is 203 Å². The summed E-state index contributed by atoms with van der Waals surface area (Å²) in [6.45, 7) is -0.311. The fourth-order valence-corrected chi connectivity index (χ4v) is 5.45. The van der Waals surface area contributed by atoms with Gasteiger partial charge in [-0.3, -0.25) is 9.59 Å². The molecule has 2 aliphatic rings. The highest BCUT2D eigenvalue weighted by atomic mass is 32.1. The first-order chi connectivity index (χ1) is 16.7. The SMILES string of the molecule is O=C(Cc1cccs1)OCC(=O)N1N=C2C(=Cc3ccccc3)CCCC2C1c1ccccc1. The highest BCUT2D eigenvalue weighted by molar-refractivity contribution is 7.10. The lowest BCUT2D eigenvalue weighted by Crippen LogP contribution is -2.34. The Hall–Kier alpha value is -3.51. The molecule has 0 spiro atoms. The number of ether oxygens (including phenoxy) is 1. The normalized spacial score (nSPS) is 20.6. The molecule has 172 valence electrons. The third kappa shape index (κ3) is 4.87. The van der Waals surface area contributed by atoms with Gasteiger partial charge in [0.1, 0.15) is 0 Å². The van der Waals surface area contributed by atoms with Gasteiger partial charge >= 0.3 is 5.97 Å². The van der Waals surface area contributed by atoms with Crippen molar-refractivity contribution in [2.24, 2.45) is 11.0 Å². The maximum atomic E-state index is 13.3. The summed E-state index contributed by atoms with van der Waals surface area (Å²) in [6, 6.07) is 23.8. The standard InChI is InChI=1S/C28H26N2O3S/c31-25(19-33-26(32)18-23-14-8-16-34-23)30-28(21-11-5-2-6-12-21)24-15-7-13-22(27(24)29-30)17-20-9-3-1-4-10-20/h1-6,8-12,14,16-17,24,28H,7,13,15,18-19H2. The topological polar surface area (TPSA) is 59.0 Å². The van der Waals surface area contributed by atoms with Crippen LogP contribution in [0, 0.1) is 5.92 Å². The molecule has 0 saturated heterocycles. The molecule has 5 rings (SSSR count). The van der Waals surface area contributed by atoms with Crippen molar-refractivity contribution in [2.75, 3.05) is 6.61 Å². The molecule has 2 atom stereocenters. The van der Waals surface area contributed by atoms with E-state index in [0.717, 1.165) is 41.0 Å². The number of benzene rings is 2. The monoisotopic (exact) mass is 470 g/mol. The van der Waals surface area contributed by atoms with Crippen molar-refractivity contribution < 1.29 is 14.3 Å². The second-order valence-corrected chi connectivity index (χ2v) is 9.61. The Morgan fingerprint density at radius 2 is 1.79 bits per heavy atom. The van der Waals surface area contributed by atoms with Crippen molar-refractivity contribution in [3.63, 3.8) is 0 Å². The van der Waals surface area contributed by atoms with Crippen molar-refractivity contribution in [1.29, 1.82) is 0 Å². The van der Waals surface area contributed by atoms with Gasteiger partial charge in [0.05, 0.1) is 18.2 Å². The molecule has 0 radical (unpaired) electrons. The van der Waals surface area contributed by atoms with E-state index in [1.165, 1.54) is 16.9 Å². The average Bonchev–Trinajstić information content (AvgIpc) is 3.52. The molecule has 34 heavy (non-hydrogen) atoms. The van der Waals surface area contributed by atoms with Crippen molar-refractivity contribution in [3.05, 3.63) is 99.8 Å². The van der Waals surface area contributed by atoms with Gasteiger partial charge in [-0.2, -0.15) is 5.10 Å². The summed E-state index contributed by atoms with van der Waals surface area (Å²) < 4.78 is 5.34. The Balaban J connectivity index is 1.39. The number of fused-ring (bicyclic) bond motifs is 1. The summed E-state index contributed by atoms with van der Waals surface area (Å²) in [6.07, 6.45) is 5.30. The minimum absolute atomic E-state index is 0.122. The van der Waals surface area contributed by atoms with Crippen LogP contribution in [0.25, 0.3) is 6.08 Å². The number of esters is 1. The molecular weight excluding hydrogens is 444 g/mol. The van der Waals surface area contributed by atoms with Gasteiger partial charge < -0.3 is 4.74 Å². The summed E-state index contributed by atoms with van der Waals surface area (Å²) in [5.41, 5.74) is 4.32. The Bertz CT molecular complexity index is 1200. The molecule has 5 nitrogen and oxygen atoms in total. The number of hydrogen-bond acceptors (Lipinski definition) is 5. The molecule has 1 saturated carbocycles. The molecule has 3 aromatic rings. The van der Waals surface area contributed by atoms with Crippen molar-refractivity contribution in [1.82, 2.24) is 5.01 Å². The Morgan fingerprint density at radius 1 is 1.03 bits per heavy atom. The van der Waals surface area contributed by atoms with Gasteiger partial charge in [0.25, 0.3) is 5.91 Å². The van der Waals surface area contributed by atoms with Gasteiger partial charge in [0.2, 0.25) is 0 Å². The number of nitrogens with zero attached hydrogens (tertiary/aromatic N) is 2. The van der Waals surface area contributed by atoms with E-state index in [1.54, 1.807) is 5.01 Å². The van der Waals surface area contributed by atoms with Crippen LogP contribution in [0.1, 0.15) is 41.3 Å². The van der Waals surface area contributed by atoms with E-state index in [9.17, 15) is 9.59 Å². The molecule has 2 unspecified atom stereocenters. The van der Waals surface area contributed by atoms with Crippen LogP contribution in [-0.4, -0.2) is 29.2 Å². The zero-order valence-corrected chi connectivity index (χ0v) is 19.6. The van der Waals surface area contributed by atoms with Crippen molar-refractivity contribution in [2.45, 2.75) is 31.7 Å². The van der Waals surface area contributed by atoms with Gasteiger partial charge in [-0.25, -0.2) is 5.01 Å². The Kier molecular flexibility index (Phi) is 6.67. The number of carbonyl (C=O) groups excluding carboxylic acids is 2. The molecule has 1 fully saturated rings. The molecule has 1 amide bonds. The van der Waals surface area contributed by atoms with Gasteiger partial charge in [-0.1, -0.05) is 66.7 Å². The fourth-order valence-electron chi connectivity index (χ4n) is 4.76. The molecular formula is C28H26N2O3S. The van der Waals surface area contributed by atoms with E-state index in [0.29, 0.717) is 0 Å². The van der Waals surface area contributed by atoms with Crippen LogP contribution in [-0.2, 0) is 20.7 Å². The number of amides is 1. The molecule has 1 aliphatic carbocycles. The largest absolute Gasteiger partial charge is 0.455 e. The summed E-state index contributed by atoms with van der Waals surface area (Å²) in [5.74, 6) is -0.577. The first-order valence-corrected chi connectivity index (χ1v) is 12.5. The van der Waals surface area contributed by atoms with Gasteiger partial charge in [0, 0.05) is 10.8 Å². The second kappa shape index (κ2) is 10.2. The lowest BCUT2D eigenvalue weighted by molar-refractivity contribution is -0.152. The van der Waals surface area contributed by atoms with Crippen LogP contribution in [0.3, 0.4) is 0 Å². The third-order valence-electron chi connectivity index (χ3n) is 6.29. The molecule has 1 aliphatic heterocycles. The molecule has 2 heterocycles. The predicted octanol–water partition coefficient (Wildman–Crippen LogP) is 5.66. The summed E-state index contributed by atoms with van der Waals surface area (Å²) in [7, 11) is 0. The van der Waals surface area contributed by atoms with E-state index < -0.39 is 5.97 Å². The lowest BCUT2D eigenvalue weighted by Gasteiger charge is -2.29. The number of hydrazone groups is 1. The van der Waals surface area contributed by atoms with E-state index in [-0.39, 0.29) is 30.9 Å². The average molecular weight is 471 g/mol. The number of rotatable bonds is 6. The summed E-state index contributed by atoms with van der Waals surface area (Å²) in [5, 5.41) is 8.31. The Morgan fingerprint density at radius 3 is 2.53 bits per heavy atom. The van der Waals surface area contributed by atoms with Gasteiger partial charge in [-0.15, -0.1) is 11.3 Å². The fraction of sp³-hybridized carbons (Fsp3) is 0.250. The number of allylic oxidation sites excluding steroid dienone is 1. The predicted molar refractivity (Wildman–Crippen MR) is 134 cm³/mol. The maximum absolute atomic E-state index is 13.3. The zero-order valence-electron chi connectivity index (χ0n) is 18.8. The summed E-state index contributed by atoms with van der Waals surface area (Å²) in [4.78, 5) is 26.4. The quantitative estimate of drug-likeness (QED) is 0.437. The highest BCUT2D eigenvalue weighted by Gasteiger charge is 2.43. The molecule has 0 bridgehead atoms. The number of thiophene rings is 1. The van der Waals surface area contributed by atoms with Crippen molar-refractivity contribution in [3.8, 4) is 0 Å². The van der Waals surface area contributed by atoms with E-state index >= 15 is 0 Å². The second-order valence-electron chi connectivity index (χ2n) is 8.57. The molecule has 0 N–H and O–H groups in total. The van der Waals surface area contributed by atoms with E-state index in [4.69, 9.17) is 9.84 Å². The van der Waals surface area contributed by atoms with Crippen LogP contribution in [0.5, 0.6) is 0 Å². The smallest absolute Gasteiger partial charge is 0.311 e. The third-order valence-corrected chi connectivity index (χ3v) is 7.17. The van der Waals surface area contributed by atoms with Crippen LogP contribution in [0.2, 0.25) is 0 Å². The molecule has 2 aromatic carbocycles. The first-order valence-electron chi connectivity index (χ1n) is 11.6. The number of hydrogen-bond donors (Lipinski definition) is 0. The van der Waals surface area contributed by atoms with E-state index in [1.807, 2.05) is 66.0 Å². The minimum atomic E-state index is -0.402. The lowest BCUT2D eigenvalue weighted by atomic mass is 9.77. The molecule has 6 heteroatoms. The highest BCUT2D eigenvalue weighted by Crippen LogP contribution is 2.44. The van der Waals surface area contributed by atoms with Gasteiger partial charge in [0.15, 0.2) is 6.61 Å². The van der Waals surface area contributed by atoms with Crippen molar-refractivity contribution >= 4 is 35.0 Å². The minimum Gasteiger partial charge on any atom is -0.455 e. The maximum Gasteiger partial charge on any atom is 0.311 e. The van der Waals surface area contributed by atoms with Crippen LogP contribution in [0.15, 0.2) is 88.9 Å². The van der Waals surface area contributed by atoms with Crippen LogP contribution in [0.4, 0.5) is 0 Å². The van der Waals surface area contributed by atoms with Gasteiger partial charge in [-0.05, 0) is 53.5 Å². The van der Waals surface area contributed by atoms with Crippen LogP contribution < -0.4 is 0 Å². The number of carbonyl (C=O) groups is 2. The van der Waals surface area contributed by atoms with Crippen LogP contribution >= 0.6 is 11.3 Å². The molecule has 1 aromatic heterocycles. The zero-order chi connectivity index (χ0) is 23.3.